The van der Waals surface area contributed by atoms with Crippen LogP contribution in [-0.4, -0.2) is 22.8 Å². The molecular weight excluding hydrogens is 276 g/mol. The number of nitrogens with zero attached hydrogens (tertiary/aromatic N) is 2. The van der Waals surface area contributed by atoms with Crippen molar-refractivity contribution in [2.75, 3.05) is 6.54 Å². The van der Waals surface area contributed by atoms with E-state index in [-0.39, 0.29) is 5.69 Å². The summed E-state index contributed by atoms with van der Waals surface area (Å²) in [6.45, 7) is 4.09. The highest BCUT2D eigenvalue weighted by atomic mass is 32.1. The molecule has 0 radical (unpaired) electrons. The summed E-state index contributed by atoms with van der Waals surface area (Å²) in [5, 5.41) is 17.9. The highest BCUT2D eigenvalue weighted by molar-refractivity contribution is 7.80. The van der Waals surface area contributed by atoms with Crippen molar-refractivity contribution in [2.24, 2.45) is 5.10 Å². The fourth-order valence-corrected chi connectivity index (χ4v) is 1.42. The first-order valence-corrected chi connectivity index (χ1v) is 6.14. The van der Waals surface area contributed by atoms with Gasteiger partial charge in [-0.25, -0.2) is 0 Å². The third-order valence-corrected chi connectivity index (χ3v) is 2.38. The average Bonchev–Trinajstić information content (AvgIpc) is 2.45. The minimum atomic E-state index is -0.427. The number of hydrogen-bond donors (Lipinski definition) is 2. The smallest absolute Gasteiger partial charge is 0.276 e. The highest BCUT2D eigenvalue weighted by Crippen LogP contribution is 2.18. The van der Waals surface area contributed by atoms with E-state index in [0.29, 0.717) is 17.2 Å². The largest absolute Gasteiger partial charge is 0.358 e. The van der Waals surface area contributed by atoms with E-state index in [4.69, 9.17) is 12.2 Å². The van der Waals surface area contributed by atoms with Gasteiger partial charge in [-0.15, -0.1) is 6.58 Å². The van der Waals surface area contributed by atoms with Crippen LogP contribution in [0.3, 0.4) is 0 Å². The first-order chi connectivity index (χ1) is 9.65. The second-order valence-electron chi connectivity index (χ2n) is 3.56. The van der Waals surface area contributed by atoms with Crippen LogP contribution in [0.15, 0.2) is 48.1 Å². The Bertz CT molecular complexity index is 555. The van der Waals surface area contributed by atoms with Crippen LogP contribution in [0.1, 0.15) is 5.56 Å². The molecule has 1 rings (SSSR count). The molecule has 0 aliphatic rings. The summed E-state index contributed by atoms with van der Waals surface area (Å²) in [6, 6.07) is 6.46. The number of thiocarbonyl (C=S) groups is 1. The predicted octanol–water partition coefficient (Wildman–Crippen LogP) is 2.24. The van der Waals surface area contributed by atoms with Gasteiger partial charge in [0.15, 0.2) is 5.11 Å². The topological polar surface area (TPSA) is 79.6 Å². The van der Waals surface area contributed by atoms with E-state index in [1.807, 2.05) is 0 Å². The van der Waals surface area contributed by atoms with Gasteiger partial charge in [-0.05, 0) is 30.4 Å². The monoisotopic (exact) mass is 290 g/mol. The zero-order chi connectivity index (χ0) is 14.8. The minimum absolute atomic E-state index is 0.0493. The quantitative estimate of drug-likeness (QED) is 0.276. The lowest BCUT2D eigenvalue weighted by molar-refractivity contribution is -0.385. The van der Waals surface area contributed by atoms with Crippen LogP contribution in [0, 0.1) is 10.1 Å². The minimum Gasteiger partial charge on any atom is -0.358 e. The van der Waals surface area contributed by atoms with Gasteiger partial charge in [-0.1, -0.05) is 18.2 Å². The summed E-state index contributed by atoms with van der Waals surface area (Å²) >= 11 is 4.92. The molecule has 0 saturated carbocycles. The maximum Gasteiger partial charge on any atom is 0.276 e. The van der Waals surface area contributed by atoms with Crippen LogP contribution in [0.5, 0.6) is 0 Å². The number of nitrogens with one attached hydrogen (secondary N) is 2. The van der Waals surface area contributed by atoms with E-state index in [1.165, 1.54) is 12.3 Å². The molecule has 0 aliphatic heterocycles. The molecule has 1 aromatic carbocycles. The van der Waals surface area contributed by atoms with Crippen LogP contribution in [-0.2, 0) is 0 Å². The van der Waals surface area contributed by atoms with Crippen molar-refractivity contribution in [3.63, 3.8) is 0 Å². The molecule has 7 heteroatoms. The molecule has 0 aromatic heterocycles. The molecule has 0 unspecified atom stereocenters. The van der Waals surface area contributed by atoms with Crippen LogP contribution >= 0.6 is 12.2 Å². The van der Waals surface area contributed by atoms with Crippen LogP contribution < -0.4 is 10.7 Å². The van der Waals surface area contributed by atoms with Gasteiger partial charge in [0.2, 0.25) is 0 Å². The Morgan fingerprint density at radius 2 is 2.25 bits per heavy atom. The molecule has 0 heterocycles. The number of para-hydroxylation sites is 1. The lowest BCUT2D eigenvalue weighted by Gasteiger charge is -2.02. The number of allylic oxidation sites excluding steroid dienone is 1. The molecule has 0 spiro atoms. The summed E-state index contributed by atoms with van der Waals surface area (Å²) in [6.07, 6.45) is 6.32. The molecule has 0 saturated heterocycles. The van der Waals surface area contributed by atoms with E-state index in [1.54, 1.807) is 36.4 Å². The summed E-state index contributed by atoms with van der Waals surface area (Å²) < 4.78 is 0. The molecule has 0 atom stereocenters. The van der Waals surface area contributed by atoms with E-state index in [9.17, 15) is 10.1 Å². The third-order valence-electron chi connectivity index (χ3n) is 2.14. The SMILES string of the molecule is C=CCNC(=S)NN=CC=Cc1ccccc1[N+](=O)[O-]. The predicted molar refractivity (Wildman–Crippen MR) is 84.6 cm³/mol. The van der Waals surface area contributed by atoms with E-state index >= 15 is 0 Å². The van der Waals surface area contributed by atoms with Crippen molar-refractivity contribution in [2.45, 2.75) is 0 Å². The molecule has 0 aliphatic carbocycles. The Hall–Kier alpha value is -2.54. The van der Waals surface area contributed by atoms with Gasteiger partial charge in [0.25, 0.3) is 5.69 Å². The Morgan fingerprint density at radius 1 is 1.50 bits per heavy atom. The fraction of sp³-hybridized carbons (Fsp3) is 0.0769. The molecule has 6 nitrogen and oxygen atoms in total. The number of hydrogen-bond acceptors (Lipinski definition) is 4. The third kappa shape index (κ3) is 5.40. The van der Waals surface area contributed by atoms with E-state index < -0.39 is 4.92 Å². The summed E-state index contributed by atoms with van der Waals surface area (Å²) in [7, 11) is 0. The number of nitro groups is 1. The Morgan fingerprint density at radius 3 is 2.95 bits per heavy atom. The highest BCUT2D eigenvalue weighted by Gasteiger charge is 2.08. The molecular formula is C13H14N4O2S. The number of benzene rings is 1. The molecule has 20 heavy (non-hydrogen) atoms. The Balaban J connectivity index is 2.55. The number of hydrazone groups is 1. The van der Waals surface area contributed by atoms with Crippen molar-refractivity contribution in [1.82, 2.24) is 10.7 Å². The van der Waals surface area contributed by atoms with E-state index in [0.717, 1.165) is 0 Å². The van der Waals surface area contributed by atoms with Gasteiger partial charge in [0, 0.05) is 18.8 Å². The summed E-state index contributed by atoms with van der Waals surface area (Å²) in [4.78, 5) is 10.4. The second-order valence-corrected chi connectivity index (χ2v) is 3.97. The molecule has 104 valence electrons. The van der Waals surface area contributed by atoms with Gasteiger partial charge < -0.3 is 5.32 Å². The van der Waals surface area contributed by atoms with Crippen molar-refractivity contribution in [3.05, 3.63) is 58.7 Å². The standard InChI is InChI=1S/C13H14N4O2S/c1-2-9-14-13(20)16-15-10-5-7-11-6-3-4-8-12(11)17(18)19/h2-8,10H,1,9H2,(H2,14,16,20). The lowest BCUT2D eigenvalue weighted by atomic mass is 10.2. The van der Waals surface area contributed by atoms with Crippen molar-refractivity contribution >= 4 is 35.3 Å². The van der Waals surface area contributed by atoms with Crippen molar-refractivity contribution in [3.8, 4) is 0 Å². The summed E-state index contributed by atoms with van der Waals surface area (Å²) in [5.74, 6) is 0. The average molecular weight is 290 g/mol. The first kappa shape index (κ1) is 15.5. The second kappa shape index (κ2) is 8.54. The Labute approximate surface area is 122 Å². The van der Waals surface area contributed by atoms with Crippen LogP contribution in [0.2, 0.25) is 0 Å². The Kier molecular flexibility index (Phi) is 6.63. The first-order valence-electron chi connectivity index (χ1n) is 5.73. The molecule has 2 N–H and O–H groups in total. The molecule has 1 aromatic rings. The molecule has 0 fully saturated rings. The maximum absolute atomic E-state index is 10.8. The van der Waals surface area contributed by atoms with Crippen molar-refractivity contribution < 1.29 is 4.92 Å². The normalized spacial score (nSPS) is 10.6. The summed E-state index contributed by atoms with van der Waals surface area (Å²) in [5.41, 5.74) is 3.16. The van der Waals surface area contributed by atoms with Gasteiger partial charge in [0.1, 0.15) is 0 Å². The van der Waals surface area contributed by atoms with Gasteiger partial charge in [-0.2, -0.15) is 5.10 Å². The van der Waals surface area contributed by atoms with Gasteiger partial charge in [0.05, 0.1) is 10.5 Å². The maximum atomic E-state index is 10.8. The van der Waals surface area contributed by atoms with Crippen LogP contribution in [0.4, 0.5) is 5.69 Å². The zero-order valence-electron chi connectivity index (χ0n) is 10.7. The van der Waals surface area contributed by atoms with Crippen molar-refractivity contribution in [1.29, 1.82) is 0 Å². The molecule has 0 amide bonds. The van der Waals surface area contributed by atoms with Gasteiger partial charge >= 0.3 is 0 Å². The van der Waals surface area contributed by atoms with E-state index in [2.05, 4.69) is 22.4 Å². The fourth-order valence-electron chi connectivity index (χ4n) is 1.28. The zero-order valence-corrected chi connectivity index (χ0v) is 11.5. The molecule has 0 bridgehead atoms. The van der Waals surface area contributed by atoms with Crippen LogP contribution in [0.25, 0.3) is 6.08 Å². The van der Waals surface area contributed by atoms with Gasteiger partial charge in [-0.3, -0.25) is 15.5 Å². The lowest BCUT2D eigenvalue weighted by Crippen LogP contribution is -2.31. The number of nitro benzene ring substituents is 1. The number of rotatable bonds is 6.